The molecule has 0 bridgehead atoms. The molecule has 1 aliphatic rings. The molecule has 96 valence electrons. The van der Waals surface area contributed by atoms with Gasteiger partial charge in [-0.05, 0) is 19.1 Å². The van der Waals surface area contributed by atoms with Gasteiger partial charge in [0.1, 0.15) is 18.5 Å². The van der Waals surface area contributed by atoms with E-state index in [2.05, 4.69) is 0 Å². The average molecular weight is 248 g/mol. The molecule has 4 heteroatoms. The van der Waals surface area contributed by atoms with Crippen molar-refractivity contribution in [3.05, 3.63) is 35.9 Å². The third kappa shape index (κ3) is 3.89. The number of benzene rings is 1. The molecule has 0 amide bonds. The van der Waals surface area contributed by atoms with Crippen LogP contribution in [0.1, 0.15) is 12.5 Å². The largest absolute Gasteiger partial charge is 0.490 e. The van der Waals surface area contributed by atoms with Crippen LogP contribution >= 0.6 is 0 Å². The van der Waals surface area contributed by atoms with Crippen LogP contribution in [0.3, 0.4) is 0 Å². The van der Waals surface area contributed by atoms with Gasteiger partial charge in [-0.15, -0.1) is 0 Å². The number of carbonyl (C=O) groups is 1. The van der Waals surface area contributed by atoms with Gasteiger partial charge in [0, 0.05) is 11.6 Å². The predicted octanol–water partition coefficient (Wildman–Crippen LogP) is 2.04. The minimum Gasteiger partial charge on any atom is -0.490 e. The molecule has 2 rings (SSSR count). The Kier molecular flexibility index (Phi) is 4.36. The van der Waals surface area contributed by atoms with Crippen molar-refractivity contribution in [1.29, 1.82) is 0 Å². The van der Waals surface area contributed by atoms with Gasteiger partial charge >= 0.3 is 5.97 Å². The standard InChI is InChI=1S/C14H16O4/c1-2-16-14(15)8-7-11-5-3-4-6-13(11)18-10-12-9-17-12/h3-8,12H,2,9-10H2,1H3/b8-7+. The Morgan fingerprint density at radius 3 is 3.00 bits per heavy atom. The summed E-state index contributed by atoms with van der Waals surface area (Å²) in [6.45, 7) is 3.46. The highest BCUT2D eigenvalue weighted by atomic mass is 16.6. The van der Waals surface area contributed by atoms with Crippen LogP contribution < -0.4 is 4.74 Å². The van der Waals surface area contributed by atoms with Gasteiger partial charge in [0.15, 0.2) is 0 Å². The first kappa shape index (κ1) is 12.6. The molecule has 4 nitrogen and oxygen atoms in total. The lowest BCUT2D eigenvalue weighted by molar-refractivity contribution is -0.137. The van der Waals surface area contributed by atoms with E-state index in [1.807, 2.05) is 24.3 Å². The van der Waals surface area contributed by atoms with Crippen LogP contribution in [0.4, 0.5) is 0 Å². The third-order valence-electron chi connectivity index (χ3n) is 2.43. The van der Waals surface area contributed by atoms with Crippen LogP contribution in [-0.4, -0.2) is 31.9 Å². The van der Waals surface area contributed by atoms with Gasteiger partial charge in [0.05, 0.1) is 13.2 Å². The maximum absolute atomic E-state index is 11.2. The van der Waals surface area contributed by atoms with E-state index in [1.165, 1.54) is 6.08 Å². The Balaban J connectivity index is 1.99. The molecule has 0 aromatic heterocycles. The van der Waals surface area contributed by atoms with Crippen molar-refractivity contribution in [2.45, 2.75) is 13.0 Å². The second-order valence-electron chi connectivity index (χ2n) is 3.89. The van der Waals surface area contributed by atoms with Gasteiger partial charge in [-0.1, -0.05) is 18.2 Å². The second kappa shape index (κ2) is 6.21. The lowest BCUT2D eigenvalue weighted by Gasteiger charge is -2.07. The summed E-state index contributed by atoms with van der Waals surface area (Å²) >= 11 is 0. The zero-order valence-corrected chi connectivity index (χ0v) is 10.3. The number of epoxide rings is 1. The Morgan fingerprint density at radius 2 is 2.28 bits per heavy atom. The highest BCUT2D eigenvalue weighted by Crippen LogP contribution is 2.21. The zero-order chi connectivity index (χ0) is 12.8. The van der Waals surface area contributed by atoms with Gasteiger partial charge in [0.25, 0.3) is 0 Å². The first-order valence-electron chi connectivity index (χ1n) is 5.98. The first-order chi connectivity index (χ1) is 8.79. The lowest BCUT2D eigenvalue weighted by Crippen LogP contribution is -2.05. The van der Waals surface area contributed by atoms with E-state index in [0.29, 0.717) is 13.2 Å². The molecule has 0 saturated carbocycles. The molecule has 1 aromatic rings. The van der Waals surface area contributed by atoms with Crippen molar-refractivity contribution < 1.29 is 19.0 Å². The van der Waals surface area contributed by atoms with Crippen LogP contribution in [0, 0.1) is 0 Å². The van der Waals surface area contributed by atoms with Crippen molar-refractivity contribution in [2.75, 3.05) is 19.8 Å². The van der Waals surface area contributed by atoms with E-state index in [0.717, 1.165) is 17.9 Å². The van der Waals surface area contributed by atoms with E-state index in [9.17, 15) is 4.79 Å². The number of carbonyl (C=O) groups excluding carboxylic acids is 1. The lowest BCUT2D eigenvalue weighted by atomic mass is 10.2. The normalized spacial score (nSPS) is 17.7. The zero-order valence-electron chi connectivity index (χ0n) is 10.3. The van der Waals surface area contributed by atoms with E-state index >= 15 is 0 Å². The van der Waals surface area contributed by atoms with Crippen LogP contribution in [0.15, 0.2) is 30.3 Å². The number of ether oxygens (including phenoxy) is 3. The summed E-state index contributed by atoms with van der Waals surface area (Å²) in [4.78, 5) is 11.2. The van der Waals surface area contributed by atoms with Crippen molar-refractivity contribution in [3.8, 4) is 5.75 Å². The number of para-hydroxylation sites is 1. The molecular weight excluding hydrogens is 232 g/mol. The number of rotatable bonds is 6. The monoisotopic (exact) mass is 248 g/mol. The average Bonchev–Trinajstić information content (AvgIpc) is 3.19. The van der Waals surface area contributed by atoms with Crippen LogP contribution in [-0.2, 0) is 14.3 Å². The fourth-order valence-electron chi connectivity index (χ4n) is 1.44. The molecule has 0 aliphatic carbocycles. The maximum Gasteiger partial charge on any atom is 0.330 e. The highest BCUT2D eigenvalue weighted by molar-refractivity contribution is 5.87. The molecule has 18 heavy (non-hydrogen) atoms. The van der Waals surface area contributed by atoms with E-state index in [-0.39, 0.29) is 12.1 Å². The van der Waals surface area contributed by atoms with E-state index in [4.69, 9.17) is 14.2 Å². The van der Waals surface area contributed by atoms with E-state index < -0.39 is 0 Å². The Bertz CT molecular complexity index is 435. The first-order valence-corrected chi connectivity index (χ1v) is 5.98. The molecule has 1 aliphatic heterocycles. The summed E-state index contributed by atoms with van der Waals surface area (Å²) in [5, 5.41) is 0. The summed E-state index contributed by atoms with van der Waals surface area (Å²) in [5.74, 6) is 0.395. The quantitative estimate of drug-likeness (QED) is 0.439. The number of esters is 1. The fourth-order valence-corrected chi connectivity index (χ4v) is 1.44. The molecule has 1 atom stereocenters. The molecule has 1 heterocycles. The number of hydrogen-bond donors (Lipinski definition) is 0. The summed E-state index contributed by atoms with van der Waals surface area (Å²) in [7, 11) is 0. The predicted molar refractivity (Wildman–Crippen MR) is 67.3 cm³/mol. The van der Waals surface area contributed by atoms with Gasteiger partial charge < -0.3 is 14.2 Å². The van der Waals surface area contributed by atoms with Gasteiger partial charge in [-0.3, -0.25) is 0 Å². The van der Waals surface area contributed by atoms with Gasteiger partial charge in [-0.25, -0.2) is 4.79 Å². The van der Waals surface area contributed by atoms with Crippen LogP contribution in [0.5, 0.6) is 5.75 Å². The summed E-state index contributed by atoms with van der Waals surface area (Å²) in [6, 6.07) is 7.54. The van der Waals surface area contributed by atoms with Crippen molar-refractivity contribution >= 4 is 12.0 Å². The van der Waals surface area contributed by atoms with Crippen molar-refractivity contribution in [1.82, 2.24) is 0 Å². The van der Waals surface area contributed by atoms with E-state index in [1.54, 1.807) is 13.0 Å². The minimum atomic E-state index is -0.349. The molecule has 0 radical (unpaired) electrons. The fraction of sp³-hybridized carbons (Fsp3) is 0.357. The molecular formula is C14H16O4. The summed E-state index contributed by atoms with van der Waals surface area (Å²) in [5.41, 5.74) is 0.853. The van der Waals surface area contributed by atoms with Gasteiger partial charge in [0.2, 0.25) is 0 Å². The van der Waals surface area contributed by atoms with Gasteiger partial charge in [-0.2, -0.15) is 0 Å². The van der Waals surface area contributed by atoms with Crippen LogP contribution in [0.2, 0.25) is 0 Å². The third-order valence-corrected chi connectivity index (χ3v) is 2.43. The SMILES string of the molecule is CCOC(=O)/C=C/c1ccccc1OCC1CO1. The number of hydrogen-bond acceptors (Lipinski definition) is 4. The molecule has 0 spiro atoms. The van der Waals surface area contributed by atoms with Crippen LogP contribution in [0.25, 0.3) is 6.08 Å². The molecule has 1 unspecified atom stereocenters. The Labute approximate surface area is 106 Å². The molecule has 1 saturated heterocycles. The Hall–Kier alpha value is -1.81. The maximum atomic E-state index is 11.2. The molecule has 0 N–H and O–H groups in total. The smallest absolute Gasteiger partial charge is 0.330 e. The topological polar surface area (TPSA) is 48.1 Å². The molecule has 1 fully saturated rings. The van der Waals surface area contributed by atoms with Crippen molar-refractivity contribution in [2.24, 2.45) is 0 Å². The molecule has 1 aromatic carbocycles. The summed E-state index contributed by atoms with van der Waals surface area (Å²) in [6.07, 6.45) is 3.31. The second-order valence-corrected chi connectivity index (χ2v) is 3.89. The summed E-state index contributed by atoms with van der Waals surface area (Å²) < 4.78 is 15.5. The Morgan fingerprint density at radius 1 is 1.50 bits per heavy atom. The van der Waals surface area contributed by atoms with Crippen molar-refractivity contribution in [3.63, 3.8) is 0 Å². The minimum absolute atomic E-state index is 0.215. The highest BCUT2D eigenvalue weighted by Gasteiger charge is 2.23.